The topological polar surface area (TPSA) is 119 Å². The lowest BCUT2D eigenvalue weighted by molar-refractivity contribution is 0.102. The van der Waals surface area contributed by atoms with Crippen LogP contribution in [0.5, 0.6) is 5.75 Å². The zero-order valence-electron chi connectivity index (χ0n) is 20.9. The molecule has 8 nitrogen and oxygen atoms in total. The summed E-state index contributed by atoms with van der Waals surface area (Å²) in [5, 5.41) is 4.62. The van der Waals surface area contributed by atoms with Crippen molar-refractivity contribution in [1.29, 1.82) is 0 Å². The number of carbonyl (C=O) groups excluding carboxylic acids is 1. The van der Waals surface area contributed by atoms with Crippen molar-refractivity contribution in [3.63, 3.8) is 0 Å². The van der Waals surface area contributed by atoms with E-state index in [0.717, 1.165) is 11.3 Å². The molecule has 0 saturated heterocycles. The molecule has 0 radical (unpaired) electrons. The maximum atomic E-state index is 13.3. The number of nitrogens with two attached hydrogens (primary N) is 2. The number of halogens is 1. The van der Waals surface area contributed by atoms with Crippen LogP contribution in [0, 0.1) is 0 Å². The van der Waals surface area contributed by atoms with Crippen molar-refractivity contribution >= 4 is 52.2 Å². The first kappa shape index (κ1) is 27.2. The Labute approximate surface area is 221 Å². The van der Waals surface area contributed by atoms with E-state index >= 15 is 0 Å². The molecule has 0 aliphatic carbocycles. The maximum absolute atomic E-state index is 13.3. The lowest BCUT2D eigenvalue weighted by Gasteiger charge is -2.24. The number of hydrogen-bond donors (Lipinski definition) is 4. The average Bonchev–Trinajstić information content (AvgIpc) is 2.84. The standard InChI is InChI=1S/C26H31ClN6O2S/c1-26(2,3)18-12-21(24(35-4)22(13-18)32-36-5)31-25(34)16-8-9-19(27)23(11-16)33(29)15-20(28)17-7-6-10-30-14-17/h6-15,32H,28-29H2,1-5H3,(H,31,34)/b20-15-. The second-order valence-corrected chi connectivity index (χ2v) is 10.0. The first-order valence-corrected chi connectivity index (χ1v) is 12.7. The molecule has 0 spiro atoms. The van der Waals surface area contributed by atoms with Crippen molar-refractivity contribution in [2.24, 2.45) is 11.6 Å². The normalized spacial score (nSPS) is 11.7. The number of carbonyl (C=O) groups is 1. The molecule has 1 heterocycles. The van der Waals surface area contributed by atoms with Crippen LogP contribution in [-0.2, 0) is 5.41 Å². The minimum Gasteiger partial charge on any atom is -0.492 e. The van der Waals surface area contributed by atoms with Gasteiger partial charge in [0.05, 0.1) is 34.9 Å². The molecule has 1 amide bonds. The monoisotopic (exact) mass is 526 g/mol. The Morgan fingerprint density at radius 3 is 2.50 bits per heavy atom. The summed E-state index contributed by atoms with van der Waals surface area (Å²) in [4.78, 5) is 17.4. The number of ether oxygens (including phenoxy) is 1. The number of aromatic nitrogens is 1. The van der Waals surface area contributed by atoms with Gasteiger partial charge in [0.1, 0.15) is 0 Å². The highest BCUT2D eigenvalue weighted by Gasteiger charge is 2.21. The number of pyridine rings is 1. The predicted molar refractivity (Wildman–Crippen MR) is 151 cm³/mol. The highest BCUT2D eigenvalue weighted by Crippen LogP contribution is 2.40. The SMILES string of the molecule is COc1c(NSC)cc(C(C)(C)C)cc1NC(=O)c1ccc(Cl)c(N(N)/C=C(\N)c2cccnc2)c1. The molecule has 0 atom stereocenters. The quantitative estimate of drug-likeness (QED) is 0.170. The summed E-state index contributed by atoms with van der Waals surface area (Å²) >= 11 is 7.83. The molecule has 0 saturated carbocycles. The van der Waals surface area contributed by atoms with E-state index in [4.69, 9.17) is 27.9 Å². The van der Waals surface area contributed by atoms with Crippen LogP contribution in [0.4, 0.5) is 17.1 Å². The molecular weight excluding hydrogens is 496 g/mol. The zero-order valence-corrected chi connectivity index (χ0v) is 22.5. The van der Waals surface area contributed by atoms with E-state index in [1.165, 1.54) is 23.2 Å². The zero-order chi connectivity index (χ0) is 26.5. The summed E-state index contributed by atoms with van der Waals surface area (Å²) in [6.07, 6.45) is 6.73. The van der Waals surface area contributed by atoms with Crippen molar-refractivity contribution in [3.8, 4) is 5.75 Å². The molecule has 6 N–H and O–H groups in total. The number of hydrazine groups is 1. The number of methoxy groups -OCH3 is 1. The van der Waals surface area contributed by atoms with Gasteiger partial charge in [-0.3, -0.25) is 14.8 Å². The van der Waals surface area contributed by atoms with Gasteiger partial charge < -0.3 is 20.5 Å². The molecule has 10 heteroatoms. The van der Waals surface area contributed by atoms with Crippen LogP contribution in [-0.4, -0.2) is 24.3 Å². The molecule has 190 valence electrons. The van der Waals surface area contributed by atoms with Gasteiger partial charge in [-0.1, -0.05) is 44.3 Å². The van der Waals surface area contributed by atoms with Crippen LogP contribution in [0.15, 0.2) is 61.1 Å². The van der Waals surface area contributed by atoms with E-state index in [9.17, 15) is 4.79 Å². The number of anilines is 3. The Balaban J connectivity index is 1.94. The maximum Gasteiger partial charge on any atom is 0.255 e. The Kier molecular flexibility index (Phi) is 8.73. The van der Waals surface area contributed by atoms with Gasteiger partial charge in [-0.15, -0.1) is 0 Å². The van der Waals surface area contributed by atoms with Crippen LogP contribution in [0.3, 0.4) is 0 Å². The second-order valence-electron chi connectivity index (χ2n) is 9.01. The van der Waals surface area contributed by atoms with Crippen LogP contribution >= 0.6 is 23.5 Å². The molecule has 0 aliphatic heterocycles. The van der Waals surface area contributed by atoms with E-state index in [1.807, 2.05) is 24.5 Å². The van der Waals surface area contributed by atoms with Gasteiger partial charge in [-0.2, -0.15) is 0 Å². The lowest BCUT2D eigenvalue weighted by atomic mass is 9.86. The van der Waals surface area contributed by atoms with Gasteiger partial charge in [-0.05, 0) is 53.4 Å². The van der Waals surface area contributed by atoms with Crippen molar-refractivity contribution in [3.05, 3.63) is 82.8 Å². The first-order chi connectivity index (χ1) is 17.0. The number of amides is 1. The van der Waals surface area contributed by atoms with Crippen molar-refractivity contribution in [1.82, 2.24) is 4.98 Å². The molecule has 36 heavy (non-hydrogen) atoms. The molecule has 3 rings (SSSR count). The molecule has 0 bridgehead atoms. The third kappa shape index (κ3) is 6.42. The molecule has 2 aromatic carbocycles. The minimum absolute atomic E-state index is 0.144. The van der Waals surface area contributed by atoms with Crippen LogP contribution in [0.1, 0.15) is 42.3 Å². The number of nitrogens with zero attached hydrogens (tertiary/aromatic N) is 2. The second kappa shape index (κ2) is 11.6. The summed E-state index contributed by atoms with van der Waals surface area (Å²) in [6.45, 7) is 6.32. The molecule has 0 unspecified atom stereocenters. The van der Waals surface area contributed by atoms with Crippen molar-refractivity contribution < 1.29 is 9.53 Å². The van der Waals surface area contributed by atoms with E-state index in [1.54, 1.807) is 43.8 Å². The van der Waals surface area contributed by atoms with E-state index < -0.39 is 0 Å². The number of hydrogen-bond acceptors (Lipinski definition) is 8. The van der Waals surface area contributed by atoms with Gasteiger partial charge in [0.25, 0.3) is 5.91 Å². The third-order valence-electron chi connectivity index (χ3n) is 5.38. The number of benzene rings is 2. The largest absolute Gasteiger partial charge is 0.492 e. The summed E-state index contributed by atoms with van der Waals surface area (Å²) in [5.74, 6) is 6.42. The van der Waals surface area contributed by atoms with Crippen LogP contribution < -0.4 is 31.4 Å². The Morgan fingerprint density at radius 1 is 1.17 bits per heavy atom. The fourth-order valence-electron chi connectivity index (χ4n) is 3.43. The van der Waals surface area contributed by atoms with Crippen LogP contribution in [0.2, 0.25) is 5.02 Å². The highest BCUT2D eigenvalue weighted by molar-refractivity contribution is 7.99. The molecular formula is C26H31ClN6O2S. The highest BCUT2D eigenvalue weighted by atomic mass is 35.5. The van der Waals surface area contributed by atoms with Gasteiger partial charge >= 0.3 is 0 Å². The predicted octanol–water partition coefficient (Wildman–Crippen LogP) is 5.62. The Bertz CT molecular complexity index is 1260. The molecule has 0 fully saturated rings. The van der Waals surface area contributed by atoms with Gasteiger partial charge in [0.15, 0.2) is 5.75 Å². The van der Waals surface area contributed by atoms with Crippen molar-refractivity contribution in [2.45, 2.75) is 26.2 Å². The van der Waals surface area contributed by atoms with Crippen molar-refractivity contribution in [2.75, 3.05) is 28.4 Å². The number of nitrogens with one attached hydrogen (secondary N) is 2. The Morgan fingerprint density at radius 2 is 1.89 bits per heavy atom. The van der Waals surface area contributed by atoms with Gasteiger partial charge in [0, 0.05) is 36.0 Å². The fraction of sp³-hybridized carbons (Fsp3) is 0.231. The van der Waals surface area contributed by atoms with E-state index in [0.29, 0.717) is 39.0 Å². The summed E-state index contributed by atoms with van der Waals surface area (Å²) in [6, 6.07) is 12.4. The minimum atomic E-state index is -0.343. The molecule has 1 aromatic heterocycles. The first-order valence-electron chi connectivity index (χ1n) is 11.1. The summed E-state index contributed by atoms with van der Waals surface area (Å²) in [7, 11) is 1.57. The van der Waals surface area contributed by atoms with Gasteiger partial charge in [-0.25, -0.2) is 5.84 Å². The molecule has 3 aromatic rings. The number of rotatable bonds is 8. The smallest absolute Gasteiger partial charge is 0.255 e. The van der Waals surface area contributed by atoms with E-state index in [-0.39, 0.29) is 11.3 Å². The molecule has 0 aliphatic rings. The average molecular weight is 527 g/mol. The van der Waals surface area contributed by atoms with Gasteiger partial charge in [0.2, 0.25) is 0 Å². The summed E-state index contributed by atoms with van der Waals surface area (Å²) < 4.78 is 8.87. The fourth-order valence-corrected chi connectivity index (χ4v) is 4.02. The lowest BCUT2D eigenvalue weighted by Crippen LogP contribution is -2.26. The third-order valence-corrected chi connectivity index (χ3v) is 6.12. The Hall–Kier alpha value is -3.40. The van der Waals surface area contributed by atoms with Crippen LogP contribution in [0.25, 0.3) is 5.70 Å². The summed E-state index contributed by atoms with van der Waals surface area (Å²) in [5.41, 5.74) is 10.3. The van der Waals surface area contributed by atoms with E-state index in [2.05, 4.69) is 35.8 Å².